The standard InChI is InChI=1S/C20H21N3O3/c1-4-25-20(24)19-18(21-23-22-19)15-7-11-17(12-8-15)26-16-9-5-14(6-10-16)13(2)3/h5-13H,4H2,1-3H3,(H,21,22,23). The van der Waals surface area contributed by atoms with Crippen molar-refractivity contribution in [2.24, 2.45) is 0 Å². The second-order valence-corrected chi connectivity index (χ2v) is 6.09. The van der Waals surface area contributed by atoms with Crippen LogP contribution in [0.5, 0.6) is 11.5 Å². The van der Waals surface area contributed by atoms with Gasteiger partial charge in [-0.15, -0.1) is 5.10 Å². The first-order chi connectivity index (χ1) is 12.6. The Bertz CT molecular complexity index is 868. The maximum absolute atomic E-state index is 11.9. The number of nitrogens with zero attached hydrogens (tertiary/aromatic N) is 2. The van der Waals surface area contributed by atoms with E-state index < -0.39 is 5.97 Å². The van der Waals surface area contributed by atoms with Gasteiger partial charge in [0.15, 0.2) is 5.69 Å². The van der Waals surface area contributed by atoms with Crippen LogP contribution in [0.3, 0.4) is 0 Å². The topological polar surface area (TPSA) is 77.1 Å². The third-order valence-corrected chi connectivity index (χ3v) is 3.93. The number of H-pyrrole nitrogens is 1. The van der Waals surface area contributed by atoms with E-state index in [2.05, 4.69) is 41.4 Å². The zero-order valence-electron chi connectivity index (χ0n) is 15.0. The number of benzene rings is 2. The van der Waals surface area contributed by atoms with Crippen LogP contribution < -0.4 is 4.74 Å². The highest BCUT2D eigenvalue weighted by atomic mass is 16.5. The number of carbonyl (C=O) groups excluding carboxylic acids is 1. The smallest absolute Gasteiger partial charge is 0.361 e. The van der Waals surface area contributed by atoms with Gasteiger partial charge >= 0.3 is 5.97 Å². The molecule has 3 rings (SSSR count). The Labute approximate surface area is 152 Å². The van der Waals surface area contributed by atoms with Gasteiger partial charge in [0.2, 0.25) is 0 Å². The number of rotatable bonds is 6. The fraction of sp³-hybridized carbons (Fsp3) is 0.250. The highest BCUT2D eigenvalue weighted by Gasteiger charge is 2.18. The van der Waals surface area contributed by atoms with Gasteiger partial charge in [-0.25, -0.2) is 4.79 Å². The maximum atomic E-state index is 11.9. The molecule has 0 spiro atoms. The van der Waals surface area contributed by atoms with Crippen molar-refractivity contribution in [1.82, 2.24) is 15.4 Å². The highest BCUT2D eigenvalue weighted by molar-refractivity contribution is 5.93. The van der Waals surface area contributed by atoms with E-state index in [4.69, 9.17) is 9.47 Å². The van der Waals surface area contributed by atoms with Gasteiger partial charge in [-0.3, -0.25) is 0 Å². The van der Waals surface area contributed by atoms with Gasteiger partial charge in [0.05, 0.1) is 6.61 Å². The second kappa shape index (κ2) is 7.82. The first kappa shape index (κ1) is 17.7. The molecule has 26 heavy (non-hydrogen) atoms. The molecule has 0 unspecified atom stereocenters. The van der Waals surface area contributed by atoms with Crippen molar-refractivity contribution in [3.05, 3.63) is 59.8 Å². The van der Waals surface area contributed by atoms with Gasteiger partial charge in [-0.1, -0.05) is 26.0 Å². The number of hydrogen-bond acceptors (Lipinski definition) is 5. The molecule has 0 fully saturated rings. The molecule has 0 aliphatic heterocycles. The van der Waals surface area contributed by atoms with Crippen LogP contribution >= 0.6 is 0 Å². The SMILES string of the molecule is CCOC(=O)c1n[nH]nc1-c1ccc(Oc2ccc(C(C)C)cc2)cc1. The van der Waals surface area contributed by atoms with Crippen LogP contribution in [-0.2, 0) is 4.74 Å². The lowest BCUT2D eigenvalue weighted by Gasteiger charge is -2.09. The summed E-state index contributed by atoms with van der Waals surface area (Å²) in [5.41, 5.74) is 2.65. The van der Waals surface area contributed by atoms with E-state index in [9.17, 15) is 4.79 Å². The predicted octanol–water partition coefficient (Wildman–Crippen LogP) is 4.56. The number of hydrogen-bond donors (Lipinski definition) is 1. The zero-order chi connectivity index (χ0) is 18.5. The van der Waals surface area contributed by atoms with E-state index in [1.165, 1.54) is 5.56 Å². The number of carbonyl (C=O) groups is 1. The molecule has 0 atom stereocenters. The van der Waals surface area contributed by atoms with Crippen LogP contribution in [0.15, 0.2) is 48.5 Å². The van der Waals surface area contributed by atoms with Crippen LogP contribution in [0, 0.1) is 0 Å². The maximum Gasteiger partial charge on any atom is 0.361 e. The average Bonchev–Trinajstić information content (AvgIpc) is 3.13. The fourth-order valence-electron chi connectivity index (χ4n) is 2.51. The zero-order valence-corrected chi connectivity index (χ0v) is 15.0. The molecule has 1 aromatic heterocycles. The molecular weight excluding hydrogens is 330 g/mol. The van der Waals surface area contributed by atoms with Crippen molar-refractivity contribution in [3.8, 4) is 22.8 Å². The van der Waals surface area contributed by atoms with E-state index in [0.717, 1.165) is 11.3 Å². The lowest BCUT2D eigenvalue weighted by Crippen LogP contribution is -2.06. The van der Waals surface area contributed by atoms with Crippen LogP contribution in [0.4, 0.5) is 0 Å². The Morgan fingerprint density at radius 1 is 1.00 bits per heavy atom. The van der Waals surface area contributed by atoms with Gasteiger partial charge in [-0.2, -0.15) is 10.3 Å². The fourth-order valence-corrected chi connectivity index (χ4v) is 2.51. The Hall–Kier alpha value is -3.15. The molecule has 0 saturated heterocycles. The van der Waals surface area contributed by atoms with E-state index in [1.807, 2.05) is 36.4 Å². The Morgan fingerprint density at radius 2 is 1.62 bits per heavy atom. The minimum absolute atomic E-state index is 0.171. The molecule has 0 amide bonds. The molecule has 1 N–H and O–H groups in total. The number of esters is 1. The summed E-state index contributed by atoms with van der Waals surface area (Å²) in [6.45, 7) is 6.34. The van der Waals surface area contributed by atoms with Crippen LogP contribution in [0.1, 0.15) is 42.7 Å². The molecule has 0 radical (unpaired) electrons. The summed E-state index contributed by atoms with van der Waals surface area (Å²) in [4.78, 5) is 11.9. The third kappa shape index (κ3) is 3.91. The Kier molecular flexibility index (Phi) is 5.31. The minimum atomic E-state index is -0.498. The summed E-state index contributed by atoms with van der Waals surface area (Å²) in [6, 6.07) is 15.4. The number of aromatic nitrogens is 3. The van der Waals surface area contributed by atoms with Crippen molar-refractivity contribution in [2.45, 2.75) is 26.7 Å². The van der Waals surface area contributed by atoms with Gasteiger partial charge in [0, 0.05) is 5.56 Å². The van der Waals surface area contributed by atoms with E-state index in [0.29, 0.717) is 17.4 Å². The molecule has 0 aliphatic rings. The summed E-state index contributed by atoms with van der Waals surface area (Å²) in [5, 5.41) is 10.4. The summed E-state index contributed by atoms with van der Waals surface area (Å²) in [7, 11) is 0. The van der Waals surface area contributed by atoms with Crippen molar-refractivity contribution < 1.29 is 14.3 Å². The molecule has 6 heteroatoms. The highest BCUT2D eigenvalue weighted by Crippen LogP contribution is 2.27. The molecule has 3 aromatic rings. The van der Waals surface area contributed by atoms with Crippen LogP contribution in [0.2, 0.25) is 0 Å². The molecule has 134 valence electrons. The summed E-state index contributed by atoms with van der Waals surface area (Å²) < 4.78 is 10.9. The molecule has 6 nitrogen and oxygen atoms in total. The molecule has 0 aliphatic carbocycles. The van der Waals surface area contributed by atoms with Crippen LogP contribution in [0.25, 0.3) is 11.3 Å². The van der Waals surface area contributed by atoms with E-state index >= 15 is 0 Å². The molecular formula is C20H21N3O3. The Morgan fingerprint density at radius 3 is 2.19 bits per heavy atom. The van der Waals surface area contributed by atoms with E-state index in [1.54, 1.807) is 6.92 Å². The predicted molar refractivity (Wildman–Crippen MR) is 98.4 cm³/mol. The lowest BCUT2D eigenvalue weighted by atomic mass is 10.0. The summed E-state index contributed by atoms with van der Waals surface area (Å²) >= 11 is 0. The second-order valence-electron chi connectivity index (χ2n) is 6.09. The van der Waals surface area contributed by atoms with Crippen LogP contribution in [-0.4, -0.2) is 28.0 Å². The van der Waals surface area contributed by atoms with Crippen molar-refractivity contribution in [2.75, 3.05) is 6.61 Å². The normalized spacial score (nSPS) is 10.8. The van der Waals surface area contributed by atoms with Crippen molar-refractivity contribution in [3.63, 3.8) is 0 Å². The minimum Gasteiger partial charge on any atom is -0.461 e. The van der Waals surface area contributed by atoms with Gasteiger partial charge in [-0.05, 0) is 54.8 Å². The molecule has 0 saturated carbocycles. The molecule has 2 aromatic carbocycles. The monoisotopic (exact) mass is 351 g/mol. The van der Waals surface area contributed by atoms with Crippen molar-refractivity contribution >= 4 is 5.97 Å². The summed E-state index contributed by atoms with van der Waals surface area (Å²) in [6.07, 6.45) is 0. The first-order valence-electron chi connectivity index (χ1n) is 8.54. The third-order valence-electron chi connectivity index (χ3n) is 3.93. The molecule has 1 heterocycles. The number of aromatic amines is 1. The van der Waals surface area contributed by atoms with Crippen molar-refractivity contribution in [1.29, 1.82) is 0 Å². The lowest BCUT2D eigenvalue weighted by molar-refractivity contribution is 0.0520. The quantitative estimate of drug-likeness (QED) is 0.659. The van der Waals surface area contributed by atoms with Gasteiger partial charge in [0.25, 0.3) is 0 Å². The van der Waals surface area contributed by atoms with Gasteiger partial charge in [0.1, 0.15) is 17.2 Å². The average molecular weight is 351 g/mol. The van der Waals surface area contributed by atoms with Gasteiger partial charge < -0.3 is 9.47 Å². The Balaban J connectivity index is 1.75. The summed E-state index contributed by atoms with van der Waals surface area (Å²) in [5.74, 6) is 1.46. The first-order valence-corrected chi connectivity index (χ1v) is 8.54. The largest absolute Gasteiger partial charge is 0.461 e. The number of nitrogens with one attached hydrogen (secondary N) is 1. The number of ether oxygens (including phenoxy) is 2. The molecule has 0 bridgehead atoms. The van der Waals surface area contributed by atoms with E-state index in [-0.39, 0.29) is 12.3 Å².